The highest BCUT2D eigenvalue weighted by Crippen LogP contribution is 2.32. The average Bonchev–Trinajstić information content (AvgIpc) is 2.68. The van der Waals surface area contributed by atoms with Gasteiger partial charge in [0.2, 0.25) is 0 Å². The van der Waals surface area contributed by atoms with E-state index in [1.807, 2.05) is 13.0 Å². The number of ketones is 1. The molecule has 0 N–H and O–H groups in total. The molecular formula is C22H20O5. The van der Waals surface area contributed by atoms with Crippen molar-refractivity contribution in [1.82, 2.24) is 0 Å². The molecule has 0 saturated heterocycles. The normalized spacial score (nSPS) is 13.3. The third-order valence-corrected chi connectivity index (χ3v) is 4.57. The molecule has 138 valence electrons. The first-order valence-electron chi connectivity index (χ1n) is 8.73. The summed E-state index contributed by atoms with van der Waals surface area (Å²) in [5.74, 6) is -0.642. The molecule has 3 rings (SSSR count). The zero-order chi connectivity index (χ0) is 19.4. The summed E-state index contributed by atoms with van der Waals surface area (Å²) in [6, 6.07) is 10.2. The minimum Gasteiger partial charge on any atom is -0.465 e. The number of hydrogen-bond acceptors (Lipinski definition) is 5. The van der Waals surface area contributed by atoms with Gasteiger partial charge >= 0.3 is 11.9 Å². The summed E-state index contributed by atoms with van der Waals surface area (Å²) in [7, 11) is 1.32. The molecule has 0 radical (unpaired) electrons. The first-order valence-corrected chi connectivity index (χ1v) is 8.73. The Morgan fingerprint density at radius 2 is 1.78 bits per heavy atom. The zero-order valence-electron chi connectivity index (χ0n) is 15.3. The van der Waals surface area contributed by atoms with Crippen LogP contribution in [-0.4, -0.2) is 24.8 Å². The Kier molecular flexibility index (Phi) is 5.50. The Morgan fingerprint density at radius 1 is 1.04 bits per heavy atom. The molecule has 0 bridgehead atoms. The van der Waals surface area contributed by atoms with E-state index in [1.165, 1.54) is 13.2 Å². The van der Waals surface area contributed by atoms with E-state index < -0.39 is 11.9 Å². The molecule has 0 spiro atoms. The highest BCUT2D eigenvalue weighted by atomic mass is 16.5. The van der Waals surface area contributed by atoms with Gasteiger partial charge in [-0.2, -0.15) is 0 Å². The molecule has 1 aliphatic rings. The number of carbonyl (C=O) groups excluding carboxylic acids is 3. The van der Waals surface area contributed by atoms with Crippen LogP contribution in [0.2, 0.25) is 0 Å². The lowest BCUT2D eigenvalue weighted by Gasteiger charge is -2.19. The topological polar surface area (TPSA) is 69.7 Å². The summed E-state index contributed by atoms with van der Waals surface area (Å²) in [4.78, 5) is 35.9. The summed E-state index contributed by atoms with van der Waals surface area (Å²) in [5, 5.41) is 0. The maximum Gasteiger partial charge on any atom is 0.337 e. The van der Waals surface area contributed by atoms with Crippen molar-refractivity contribution in [2.75, 3.05) is 7.11 Å². The van der Waals surface area contributed by atoms with Crippen molar-refractivity contribution >= 4 is 23.8 Å². The number of Topliss-reactive ketones (excluding diaryl/α,β-unsaturated/α-hetero) is 1. The van der Waals surface area contributed by atoms with E-state index in [0.717, 1.165) is 29.5 Å². The first kappa shape index (κ1) is 18.6. The molecule has 0 amide bonds. The van der Waals surface area contributed by atoms with Crippen molar-refractivity contribution in [3.63, 3.8) is 0 Å². The second-order valence-corrected chi connectivity index (χ2v) is 6.38. The van der Waals surface area contributed by atoms with E-state index in [2.05, 4.69) is 4.74 Å². The number of hydrogen-bond donors (Lipinski definition) is 0. The molecule has 0 unspecified atom stereocenters. The van der Waals surface area contributed by atoms with Gasteiger partial charge in [-0.3, -0.25) is 4.79 Å². The van der Waals surface area contributed by atoms with Crippen LogP contribution in [-0.2, 0) is 16.0 Å². The standard InChI is InChI=1S/C22H20O5/c1-14-6-12-19(21-17(14)4-3-5-18(21)23)27-20(24)13-9-15-7-10-16(11-8-15)22(25)26-2/h6-13H,3-5H2,1-2H3/b13-9+. The van der Waals surface area contributed by atoms with E-state index in [4.69, 9.17) is 4.74 Å². The van der Waals surface area contributed by atoms with Crippen LogP contribution in [0, 0.1) is 6.92 Å². The van der Waals surface area contributed by atoms with Crippen LogP contribution >= 0.6 is 0 Å². The number of aryl methyl sites for hydroxylation is 1. The Bertz CT molecular complexity index is 922. The summed E-state index contributed by atoms with van der Waals surface area (Å²) in [6.07, 6.45) is 5.01. The minimum atomic E-state index is -0.559. The Morgan fingerprint density at radius 3 is 2.48 bits per heavy atom. The number of esters is 2. The smallest absolute Gasteiger partial charge is 0.337 e. The van der Waals surface area contributed by atoms with Crippen LogP contribution in [0.5, 0.6) is 5.75 Å². The van der Waals surface area contributed by atoms with Crippen LogP contribution in [0.3, 0.4) is 0 Å². The minimum absolute atomic E-state index is 0.0186. The van der Waals surface area contributed by atoms with Crippen LogP contribution in [0.1, 0.15) is 50.2 Å². The summed E-state index contributed by atoms with van der Waals surface area (Å²) < 4.78 is 10.1. The predicted octanol–water partition coefficient (Wildman–Crippen LogP) is 3.92. The third kappa shape index (κ3) is 4.14. The van der Waals surface area contributed by atoms with E-state index in [-0.39, 0.29) is 5.78 Å². The highest BCUT2D eigenvalue weighted by Gasteiger charge is 2.24. The third-order valence-electron chi connectivity index (χ3n) is 4.57. The predicted molar refractivity (Wildman–Crippen MR) is 101 cm³/mol. The lowest BCUT2D eigenvalue weighted by atomic mass is 9.87. The molecule has 27 heavy (non-hydrogen) atoms. The molecule has 1 aliphatic carbocycles. The number of carbonyl (C=O) groups is 3. The second-order valence-electron chi connectivity index (χ2n) is 6.38. The van der Waals surface area contributed by atoms with E-state index in [1.54, 1.807) is 36.4 Å². The Hall–Kier alpha value is -3.21. The molecule has 2 aromatic rings. The van der Waals surface area contributed by atoms with Crippen molar-refractivity contribution in [3.8, 4) is 5.75 Å². The fraction of sp³-hybridized carbons (Fsp3) is 0.227. The quantitative estimate of drug-likeness (QED) is 0.467. The van der Waals surface area contributed by atoms with Crippen molar-refractivity contribution in [3.05, 3.63) is 70.3 Å². The lowest BCUT2D eigenvalue weighted by molar-refractivity contribution is -0.128. The number of ether oxygens (including phenoxy) is 2. The van der Waals surface area contributed by atoms with Crippen molar-refractivity contribution in [2.45, 2.75) is 26.2 Å². The van der Waals surface area contributed by atoms with Crippen LogP contribution in [0.15, 0.2) is 42.5 Å². The molecule has 0 aromatic heterocycles. The second kappa shape index (κ2) is 7.99. The van der Waals surface area contributed by atoms with Crippen LogP contribution in [0.25, 0.3) is 6.08 Å². The SMILES string of the molecule is COC(=O)c1ccc(/C=C/C(=O)Oc2ccc(C)c3c2C(=O)CCC3)cc1. The van der Waals surface area contributed by atoms with Gasteiger partial charge in [0, 0.05) is 12.5 Å². The molecule has 0 aliphatic heterocycles. The average molecular weight is 364 g/mol. The van der Waals surface area contributed by atoms with Gasteiger partial charge in [-0.1, -0.05) is 18.2 Å². The largest absolute Gasteiger partial charge is 0.465 e. The lowest BCUT2D eigenvalue weighted by Crippen LogP contribution is -2.16. The Balaban J connectivity index is 1.74. The molecule has 0 atom stereocenters. The fourth-order valence-electron chi connectivity index (χ4n) is 3.15. The molecule has 5 heteroatoms. The van der Waals surface area contributed by atoms with Gasteiger partial charge in [-0.15, -0.1) is 0 Å². The maximum atomic E-state index is 12.3. The molecule has 0 heterocycles. The molecule has 5 nitrogen and oxygen atoms in total. The number of fused-ring (bicyclic) bond motifs is 1. The van der Waals surface area contributed by atoms with Crippen LogP contribution < -0.4 is 4.74 Å². The van der Waals surface area contributed by atoms with Crippen molar-refractivity contribution < 1.29 is 23.9 Å². The van der Waals surface area contributed by atoms with Gasteiger partial charge < -0.3 is 9.47 Å². The molecule has 2 aromatic carbocycles. The first-order chi connectivity index (χ1) is 13.0. The molecule has 0 saturated carbocycles. The van der Waals surface area contributed by atoms with Crippen molar-refractivity contribution in [2.24, 2.45) is 0 Å². The van der Waals surface area contributed by atoms with Crippen molar-refractivity contribution in [1.29, 1.82) is 0 Å². The Labute approximate surface area is 157 Å². The number of benzene rings is 2. The van der Waals surface area contributed by atoms with Gasteiger partial charge in [0.25, 0.3) is 0 Å². The summed E-state index contributed by atoms with van der Waals surface area (Å²) >= 11 is 0. The van der Waals surface area contributed by atoms with Gasteiger partial charge in [0.1, 0.15) is 5.75 Å². The van der Waals surface area contributed by atoms with Crippen LogP contribution in [0.4, 0.5) is 0 Å². The monoisotopic (exact) mass is 364 g/mol. The molecule has 0 fully saturated rings. The number of methoxy groups -OCH3 is 1. The van der Waals surface area contributed by atoms with Gasteiger partial charge in [-0.25, -0.2) is 9.59 Å². The zero-order valence-corrected chi connectivity index (χ0v) is 15.3. The van der Waals surface area contributed by atoms with Gasteiger partial charge in [0.15, 0.2) is 5.78 Å². The number of rotatable bonds is 4. The summed E-state index contributed by atoms with van der Waals surface area (Å²) in [5.41, 5.74) is 3.71. The maximum absolute atomic E-state index is 12.3. The van der Waals surface area contributed by atoms with E-state index in [9.17, 15) is 14.4 Å². The highest BCUT2D eigenvalue weighted by molar-refractivity contribution is 6.02. The summed E-state index contributed by atoms with van der Waals surface area (Å²) in [6.45, 7) is 1.96. The van der Waals surface area contributed by atoms with E-state index >= 15 is 0 Å². The fourth-order valence-corrected chi connectivity index (χ4v) is 3.15. The van der Waals surface area contributed by atoms with Gasteiger partial charge in [-0.05, 0) is 60.7 Å². The molecular weight excluding hydrogens is 344 g/mol. The van der Waals surface area contributed by atoms with Gasteiger partial charge in [0.05, 0.1) is 18.2 Å². The van der Waals surface area contributed by atoms with E-state index in [0.29, 0.717) is 23.3 Å².